The highest BCUT2D eigenvalue weighted by atomic mass is 19.1. The first kappa shape index (κ1) is 26.5. The number of hydrogen-bond acceptors (Lipinski definition) is 5. The van der Waals surface area contributed by atoms with Crippen LogP contribution in [0.2, 0.25) is 0 Å². The Morgan fingerprint density at radius 3 is 2.63 bits per heavy atom. The molecular formula is C25H36FN5O4. The maximum Gasteiger partial charge on any atom is 0.338 e. The van der Waals surface area contributed by atoms with E-state index >= 15 is 0 Å². The first-order valence-electron chi connectivity index (χ1n) is 12.3. The molecule has 0 aliphatic carbocycles. The fourth-order valence-electron chi connectivity index (χ4n) is 4.62. The second-order valence-electron chi connectivity index (χ2n) is 8.77. The third-order valence-corrected chi connectivity index (χ3v) is 6.30. The van der Waals surface area contributed by atoms with Crippen molar-refractivity contribution in [1.82, 2.24) is 25.3 Å². The summed E-state index contributed by atoms with van der Waals surface area (Å²) in [5.74, 6) is -0.994. The van der Waals surface area contributed by atoms with Crippen LogP contribution in [0.1, 0.15) is 45.7 Å². The zero-order valence-electron chi connectivity index (χ0n) is 21.0. The van der Waals surface area contributed by atoms with Gasteiger partial charge in [-0.05, 0) is 44.9 Å². The van der Waals surface area contributed by atoms with Crippen LogP contribution in [0.5, 0.6) is 0 Å². The van der Waals surface area contributed by atoms with Crippen molar-refractivity contribution >= 4 is 18.0 Å². The van der Waals surface area contributed by atoms with E-state index in [1.807, 2.05) is 25.7 Å². The van der Waals surface area contributed by atoms with Gasteiger partial charge in [0.05, 0.1) is 18.2 Å². The van der Waals surface area contributed by atoms with Gasteiger partial charge in [-0.2, -0.15) is 0 Å². The molecule has 4 amide bonds. The fourth-order valence-corrected chi connectivity index (χ4v) is 4.62. The number of carbonyl (C=O) groups is 3. The molecule has 1 fully saturated rings. The molecule has 1 aromatic rings. The van der Waals surface area contributed by atoms with Crippen molar-refractivity contribution in [2.45, 2.75) is 46.2 Å². The lowest BCUT2D eigenvalue weighted by Gasteiger charge is -2.42. The van der Waals surface area contributed by atoms with Crippen LogP contribution in [0.4, 0.5) is 14.0 Å². The lowest BCUT2D eigenvalue weighted by molar-refractivity contribution is -0.139. The predicted molar refractivity (Wildman–Crippen MR) is 130 cm³/mol. The van der Waals surface area contributed by atoms with Gasteiger partial charge in [0.1, 0.15) is 5.82 Å². The largest absolute Gasteiger partial charge is 0.463 e. The molecule has 2 N–H and O–H groups in total. The van der Waals surface area contributed by atoms with E-state index in [9.17, 15) is 18.8 Å². The van der Waals surface area contributed by atoms with Crippen LogP contribution in [0.15, 0.2) is 35.5 Å². The Balaban J connectivity index is 1.93. The third kappa shape index (κ3) is 6.11. The summed E-state index contributed by atoms with van der Waals surface area (Å²) in [6, 6.07) is 4.57. The van der Waals surface area contributed by atoms with Gasteiger partial charge < -0.3 is 20.3 Å². The second-order valence-corrected chi connectivity index (χ2v) is 8.77. The minimum Gasteiger partial charge on any atom is -0.463 e. The van der Waals surface area contributed by atoms with Crippen molar-refractivity contribution < 1.29 is 23.5 Å². The lowest BCUT2D eigenvalue weighted by atomic mass is 9.94. The first-order chi connectivity index (χ1) is 16.8. The molecule has 0 bridgehead atoms. The number of halogens is 1. The van der Waals surface area contributed by atoms with Crippen molar-refractivity contribution in [3.05, 3.63) is 46.9 Å². The minimum absolute atomic E-state index is 0.0428. The van der Waals surface area contributed by atoms with Gasteiger partial charge in [0.25, 0.3) is 0 Å². The van der Waals surface area contributed by atoms with Gasteiger partial charge in [0, 0.05) is 51.0 Å². The number of hydrogen-bond donors (Lipinski definition) is 2. The molecule has 1 saturated heterocycles. The van der Waals surface area contributed by atoms with Crippen LogP contribution >= 0.6 is 0 Å². The Kier molecular flexibility index (Phi) is 9.08. The highest BCUT2D eigenvalue weighted by Gasteiger charge is 2.39. The molecule has 2 aliphatic heterocycles. The van der Waals surface area contributed by atoms with Crippen LogP contribution in [0.3, 0.4) is 0 Å². The van der Waals surface area contributed by atoms with E-state index < -0.39 is 17.8 Å². The Labute approximate surface area is 206 Å². The molecule has 2 aliphatic rings. The molecule has 0 spiro atoms. The number of esters is 1. The molecule has 0 aromatic heterocycles. The number of urea groups is 2. The van der Waals surface area contributed by atoms with E-state index in [-0.39, 0.29) is 24.7 Å². The highest BCUT2D eigenvalue weighted by Crippen LogP contribution is 2.32. The van der Waals surface area contributed by atoms with Crippen molar-refractivity contribution in [2.24, 2.45) is 0 Å². The number of piperazine rings is 1. The Bertz CT molecular complexity index is 969. The van der Waals surface area contributed by atoms with Gasteiger partial charge >= 0.3 is 18.0 Å². The molecular weight excluding hydrogens is 453 g/mol. The quantitative estimate of drug-likeness (QED) is 0.548. The minimum atomic E-state index is -0.825. The molecule has 192 valence electrons. The number of benzene rings is 1. The van der Waals surface area contributed by atoms with Crippen LogP contribution in [-0.4, -0.2) is 84.6 Å². The maximum atomic E-state index is 14.0. The number of ether oxygens (including phenoxy) is 1. The van der Waals surface area contributed by atoms with Crippen LogP contribution < -0.4 is 10.6 Å². The molecule has 10 heteroatoms. The molecule has 1 aromatic carbocycles. The van der Waals surface area contributed by atoms with Gasteiger partial charge in [0.2, 0.25) is 0 Å². The molecule has 2 unspecified atom stereocenters. The van der Waals surface area contributed by atoms with Crippen LogP contribution in [-0.2, 0) is 9.53 Å². The van der Waals surface area contributed by atoms with Crippen LogP contribution in [0, 0.1) is 5.82 Å². The topological polar surface area (TPSA) is 94.2 Å². The highest BCUT2D eigenvalue weighted by molar-refractivity contribution is 5.95. The van der Waals surface area contributed by atoms with Crippen molar-refractivity contribution in [1.29, 1.82) is 0 Å². The molecule has 2 atom stereocenters. The van der Waals surface area contributed by atoms with Crippen molar-refractivity contribution in [3.63, 3.8) is 0 Å². The molecule has 0 radical (unpaired) electrons. The summed E-state index contributed by atoms with van der Waals surface area (Å²) in [6.07, 6.45) is 0.867. The van der Waals surface area contributed by atoms with E-state index in [0.717, 1.165) is 6.42 Å². The number of nitrogens with one attached hydrogen (secondary N) is 2. The SMILES string of the molecule is CCCNC(=O)N1CCN(CC2=C(C(=O)OCC)C(c3cccc(F)c3)NC(=O)N2CC)CC1C. The maximum absolute atomic E-state index is 14.0. The van der Waals surface area contributed by atoms with Gasteiger partial charge in [-0.25, -0.2) is 18.8 Å². The normalized spacial score (nSPS) is 21.1. The average molecular weight is 490 g/mol. The Hall–Kier alpha value is -3.14. The molecule has 2 heterocycles. The van der Waals surface area contributed by atoms with E-state index in [2.05, 4.69) is 15.5 Å². The van der Waals surface area contributed by atoms with Crippen LogP contribution in [0.25, 0.3) is 0 Å². The van der Waals surface area contributed by atoms with Crippen molar-refractivity contribution in [3.8, 4) is 0 Å². The van der Waals surface area contributed by atoms with Gasteiger partial charge in [0.15, 0.2) is 0 Å². The Morgan fingerprint density at radius 2 is 2.00 bits per heavy atom. The summed E-state index contributed by atoms with van der Waals surface area (Å²) in [6.45, 7) is 10.7. The summed E-state index contributed by atoms with van der Waals surface area (Å²) in [7, 11) is 0. The predicted octanol–water partition coefficient (Wildman–Crippen LogP) is 2.85. The van der Waals surface area contributed by atoms with E-state index in [0.29, 0.717) is 56.1 Å². The smallest absolute Gasteiger partial charge is 0.338 e. The summed E-state index contributed by atoms with van der Waals surface area (Å²) >= 11 is 0. The summed E-state index contributed by atoms with van der Waals surface area (Å²) < 4.78 is 19.4. The molecule has 35 heavy (non-hydrogen) atoms. The number of likely N-dealkylation sites (N-methyl/N-ethyl adjacent to an activating group) is 1. The van der Waals surface area contributed by atoms with E-state index in [1.165, 1.54) is 17.0 Å². The third-order valence-electron chi connectivity index (χ3n) is 6.30. The average Bonchev–Trinajstić information content (AvgIpc) is 2.82. The van der Waals surface area contributed by atoms with E-state index in [4.69, 9.17) is 4.74 Å². The fraction of sp³-hybridized carbons (Fsp3) is 0.560. The number of nitrogens with zero attached hydrogens (tertiary/aromatic N) is 3. The molecule has 3 rings (SSSR count). The van der Waals surface area contributed by atoms with Crippen molar-refractivity contribution in [2.75, 3.05) is 45.9 Å². The summed E-state index contributed by atoms with van der Waals surface area (Å²) in [5, 5.41) is 5.77. The zero-order chi connectivity index (χ0) is 25.5. The van der Waals surface area contributed by atoms with E-state index in [1.54, 1.807) is 19.1 Å². The molecule has 0 saturated carbocycles. The van der Waals surface area contributed by atoms with Gasteiger partial charge in [-0.1, -0.05) is 19.1 Å². The number of rotatable bonds is 8. The molecule has 9 nitrogen and oxygen atoms in total. The number of amides is 4. The summed E-state index contributed by atoms with van der Waals surface area (Å²) in [5.41, 5.74) is 1.31. The summed E-state index contributed by atoms with van der Waals surface area (Å²) in [4.78, 5) is 44.2. The Morgan fingerprint density at radius 1 is 1.23 bits per heavy atom. The second kappa shape index (κ2) is 12.0. The standard InChI is InChI=1S/C25H36FN5O4/c1-5-11-27-24(33)31-13-12-29(15-17(31)4)16-20-21(23(32)35-7-3)22(28-25(34)30(20)6-2)18-9-8-10-19(26)14-18/h8-10,14,17,22H,5-7,11-13,15-16H2,1-4H3,(H,27,33)(H,28,34). The van der Waals surface area contributed by atoms with Gasteiger partial charge in [-0.3, -0.25) is 9.80 Å². The monoisotopic (exact) mass is 489 g/mol. The lowest BCUT2D eigenvalue weighted by Crippen LogP contribution is -2.58. The zero-order valence-corrected chi connectivity index (χ0v) is 21.0. The first-order valence-corrected chi connectivity index (χ1v) is 12.3. The van der Waals surface area contributed by atoms with Gasteiger partial charge in [-0.15, -0.1) is 0 Å². The number of carbonyl (C=O) groups excluding carboxylic acids is 3.